The van der Waals surface area contributed by atoms with Crippen LogP contribution in [-0.4, -0.2) is 44.8 Å². The van der Waals surface area contributed by atoms with E-state index in [1.807, 2.05) is 0 Å². The number of aromatic nitrogens is 1. The zero-order valence-electron chi connectivity index (χ0n) is 15.3. The van der Waals surface area contributed by atoms with Crippen molar-refractivity contribution in [1.29, 1.82) is 0 Å². The molecule has 10 heteroatoms. The van der Waals surface area contributed by atoms with Crippen molar-refractivity contribution in [3.05, 3.63) is 27.2 Å². The summed E-state index contributed by atoms with van der Waals surface area (Å²) in [5, 5.41) is 4.75. The number of anilines is 1. The van der Waals surface area contributed by atoms with Gasteiger partial charge in [-0.2, -0.15) is 0 Å². The number of hydrogen-bond donors (Lipinski definition) is 1. The molecule has 0 saturated carbocycles. The van der Waals surface area contributed by atoms with Crippen LogP contribution in [0.5, 0.6) is 17.2 Å². The van der Waals surface area contributed by atoms with Gasteiger partial charge in [0.15, 0.2) is 16.6 Å². The minimum absolute atomic E-state index is 0.0497. The molecule has 0 spiro atoms. The number of hydrogen-bond acceptors (Lipinski definition) is 8. The number of ether oxygens (including phenoxy) is 4. The Morgan fingerprint density at radius 1 is 1.19 bits per heavy atom. The maximum Gasteiger partial charge on any atom is 0.311 e. The lowest BCUT2D eigenvalue weighted by atomic mass is 10.1. The monoisotopic (exact) mass is 458 g/mol. The standard InChI is InChI=1S/C17H19BrN2O6S/c1-5-26-12(21)6-9-8-27-17(19-9)20-16(22)10-7-11(23-2)14(24-3)15(25-4)13(10)18/h7-8H,5-6H2,1-4H3,(H,19,20,22). The molecule has 1 aromatic heterocycles. The summed E-state index contributed by atoms with van der Waals surface area (Å²) in [5.74, 6) is 0.273. The normalized spacial score (nSPS) is 10.3. The lowest BCUT2D eigenvalue weighted by Gasteiger charge is -2.16. The smallest absolute Gasteiger partial charge is 0.311 e. The van der Waals surface area contributed by atoms with Gasteiger partial charge in [0.05, 0.1) is 50.1 Å². The van der Waals surface area contributed by atoms with Gasteiger partial charge in [0.1, 0.15) is 0 Å². The highest BCUT2D eigenvalue weighted by Gasteiger charge is 2.23. The lowest BCUT2D eigenvalue weighted by Crippen LogP contribution is -2.14. The maximum atomic E-state index is 12.7. The summed E-state index contributed by atoms with van der Waals surface area (Å²) in [7, 11) is 4.41. The third-order valence-corrected chi connectivity index (χ3v) is 5.01. The molecule has 2 aromatic rings. The fraction of sp³-hybridized carbons (Fsp3) is 0.353. The average molecular weight is 459 g/mol. The molecule has 0 fully saturated rings. The number of benzene rings is 1. The number of esters is 1. The molecule has 27 heavy (non-hydrogen) atoms. The average Bonchev–Trinajstić information content (AvgIpc) is 3.07. The molecule has 0 unspecified atom stereocenters. The van der Waals surface area contributed by atoms with Crippen molar-refractivity contribution >= 4 is 44.3 Å². The van der Waals surface area contributed by atoms with Crippen LogP contribution in [0.4, 0.5) is 5.13 Å². The van der Waals surface area contributed by atoms with Crippen molar-refractivity contribution in [2.24, 2.45) is 0 Å². The summed E-state index contributed by atoms with van der Waals surface area (Å²) >= 11 is 4.58. The molecule has 2 rings (SSSR count). The first-order chi connectivity index (χ1) is 12.9. The number of nitrogens with one attached hydrogen (secondary N) is 1. The first-order valence-electron chi connectivity index (χ1n) is 7.84. The highest BCUT2D eigenvalue weighted by atomic mass is 79.9. The van der Waals surface area contributed by atoms with Crippen LogP contribution in [0.25, 0.3) is 0 Å². The van der Waals surface area contributed by atoms with E-state index in [1.165, 1.54) is 38.7 Å². The number of carbonyl (C=O) groups excluding carboxylic acids is 2. The summed E-state index contributed by atoms with van der Waals surface area (Å²) in [5.41, 5.74) is 0.810. The third-order valence-electron chi connectivity index (χ3n) is 3.42. The Balaban J connectivity index is 2.23. The van der Waals surface area contributed by atoms with E-state index in [1.54, 1.807) is 12.3 Å². The second-order valence-corrected chi connectivity index (χ2v) is 6.74. The van der Waals surface area contributed by atoms with Crippen molar-refractivity contribution in [2.45, 2.75) is 13.3 Å². The van der Waals surface area contributed by atoms with Crippen LogP contribution in [0.1, 0.15) is 23.0 Å². The van der Waals surface area contributed by atoms with Crippen LogP contribution in [0, 0.1) is 0 Å². The van der Waals surface area contributed by atoms with E-state index in [-0.39, 0.29) is 18.0 Å². The SMILES string of the molecule is CCOC(=O)Cc1csc(NC(=O)c2cc(OC)c(OC)c(OC)c2Br)n1. The predicted octanol–water partition coefficient (Wildman–Crippen LogP) is 3.29. The molecule has 0 aliphatic carbocycles. The molecule has 1 amide bonds. The summed E-state index contributed by atoms with van der Waals surface area (Å²) in [4.78, 5) is 28.4. The molecule has 0 aliphatic rings. The quantitative estimate of drug-likeness (QED) is 0.606. The Morgan fingerprint density at radius 3 is 2.48 bits per heavy atom. The highest BCUT2D eigenvalue weighted by molar-refractivity contribution is 9.10. The molecule has 0 aliphatic heterocycles. The van der Waals surface area contributed by atoms with E-state index in [0.717, 1.165) is 0 Å². The van der Waals surface area contributed by atoms with Crippen LogP contribution >= 0.6 is 27.3 Å². The second kappa shape index (κ2) is 9.56. The van der Waals surface area contributed by atoms with Gasteiger partial charge < -0.3 is 18.9 Å². The fourth-order valence-electron chi connectivity index (χ4n) is 2.26. The second-order valence-electron chi connectivity index (χ2n) is 5.09. The number of thiazole rings is 1. The van der Waals surface area contributed by atoms with Crippen molar-refractivity contribution in [3.63, 3.8) is 0 Å². The molecule has 0 atom stereocenters. The molecular formula is C17H19BrN2O6S. The summed E-state index contributed by atoms with van der Waals surface area (Å²) < 4.78 is 21.2. The van der Waals surface area contributed by atoms with Crippen LogP contribution in [0.15, 0.2) is 15.9 Å². The van der Waals surface area contributed by atoms with Gasteiger partial charge in [-0.05, 0) is 28.9 Å². The summed E-state index contributed by atoms with van der Waals surface area (Å²) in [6.07, 6.45) is 0.0497. The Kier molecular flexibility index (Phi) is 7.43. The van der Waals surface area contributed by atoms with Gasteiger partial charge in [-0.15, -0.1) is 11.3 Å². The number of methoxy groups -OCH3 is 3. The largest absolute Gasteiger partial charge is 0.493 e. The molecule has 0 bridgehead atoms. The van der Waals surface area contributed by atoms with Gasteiger partial charge in [-0.1, -0.05) is 0 Å². The van der Waals surface area contributed by atoms with Gasteiger partial charge in [0, 0.05) is 5.38 Å². The van der Waals surface area contributed by atoms with Gasteiger partial charge >= 0.3 is 5.97 Å². The molecule has 146 valence electrons. The van der Waals surface area contributed by atoms with Crippen molar-refractivity contribution < 1.29 is 28.5 Å². The van der Waals surface area contributed by atoms with E-state index < -0.39 is 5.91 Å². The Labute approximate surface area is 168 Å². The molecule has 0 radical (unpaired) electrons. The highest BCUT2D eigenvalue weighted by Crippen LogP contribution is 2.44. The number of rotatable bonds is 8. The topological polar surface area (TPSA) is 96.0 Å². The third kappa shape index (κ3) is 4.89. The summed E-state index contributed by atoms with van der Waals surface area (Å²) in [6.45, 7) is 2.04. The van der Waals surface area contributed by atoms with E-state index in [2.05, 4.69) is 26.2 Å². The van der Waals surface area contributed by atoms with E-state index in [9.17, 15) is 9.59 Å². The molecule has 1 N–H and O–H groups in total. The Morgan fingerprint density at radius 2 is 1.89 bits per heavy atom. The first-order valence-corrected chi connectivity index (χ1v) is 9.52. The van der Waals surface area contributed by atoms with Gasteiger partial charge in [0.25, 0.3) is 5.91 Å². The lowest BCUT2D eigenvalue weighted by molar-refractivity contribution is -0.142. The van der Waals surface area contributed by atoms with Crippen LogP contribution in [-0.2, 0) is 16.0 Å². The van der Waals surface area contributed by atoms with Crippen molar-refractivity contribution in [1.82, 2.24) is 4.98 Å². The van der Waals surface area contributed by atoms with Crippen molar-refractivity contribution in [2.75, 3.05) is 33.3 Å². The molecular weight excluding hydrogens is 440 g/mol. The van der Waals surface area contributed by atoms with E-state index in [0.29, 0.717) is 39.2 Å². The Hall–Kier alpha value is -2.33. The maximum absolute atomic E-state index is 12.7. The van der Waals surface area contributed by atoms with Gasteiger partial charge in [-0.3, -0.25) is 14.9 Å². The van der Waals surface area contributed by atoms with Gasteiger partial charge in [-0.25, -0.2) is 4.98 Å². The Bertz CT molecular complexity index is 839. The molecule has 0 saturated heterocycles. The predicted molar refractivity (Wildman–Crippen MR) is 104 cm³/mol. The first kappa shape index (κ1) is 21.0. The molecule has 1 heterocycles. The minimum Gasteiger partial charge on any atom is -0.493 e. The zero-order valence-corrected chi connectivity index (χ0v) is 17.7. The van der Waals surface area contributed by atoms with Crippen LogP contribution in [0.2, 0.25) is 0 Å². The number of halogens is 1. The van der Waals surface area contributed by atoms with E-state index >= 15 is 0 Å². The zero-order chi connectivity index (χ0) is 20.0. The molecule has 8 nitrogen and oxygen atoms in total. The number of nitrogens with zero attached hydrogens (tertiary/aromatic N) is 1. The van der Waals surface area contributed by atoms with Crippen LogP contribution < -0.4 is 19.5 Å². The van der Waals surface area contributed by atoms with Crippen molar-refractivity contribution in [3.8, 4) is 17.2 Å². The molecule has 1 aromatic carbocycles. The van der Waals surface area contributed by atoms with Crippen LogP contribution in [0.3, 0.4) is 0 Å². The number of carbonyl (C=O) groups is 2. The minimum atomic E-state index is -0.418. The number of amides is 1. The summed E-state index contributed by atoms with van der Waals surface area (Å²) in [6, 6.07) is 1.54. The van der Waals surface area contributed by atoms with E-state index in [4.69, 9.17) is 18.9 Å². The fourth-order valence-corrected chi connectivity index (χ4v) is 3.60. The van der Waals surface area contributed by atoms with Gasteiger partial charge in [0.2, 0.25) is 5.75 Å².